The van der Waals surface area contributed by atoms with E-state index in [1.165, 1.54) is 30.3 Å². The fourth-order valence-electron chi connectivity index (χ4n) is 1.46. The van der Waals surface area contributed by atoms with Crippen LogP contribution in [0.2, 0.25) is 0 Å². The molecule has 96 valence electrons. The monoisotopic (exact) mass is 259 g/mol. The second-order valence-electron chi connectivity index (χ2n) is 3.40. The van der Waals surface area contributed by atoms with Gasteiger partial charge in [0.15, 0.2) is 11.7 Å². The first kappa shape index (κ1) is 14.1. The van der Waals surface area contributed by atoms with Gasteiger partial charge in [0.1, 0.15) is 0 Å². The van der Waals surface area contributed by atoms with Gasteiger partial charge in [0.25, 0.3) is 0 Å². The van der Waals surface area contributed by atoms with E-state index in [-0.39, 0.29) is 23.6 Å². The molecule has 0 aliphatic rings. The van der Waals surface area contributed by atoms with Gasteiger partial charge in [0.05, 0.1) is 29.2 Å². The first-order chi connectivity index (χ1) is 9.06. The quantitative estimate of drug-likeness (QED) is 0.452. The first-order valence-electron chi connectivity index (χ1n) is 5.30. The Morgan fingerprint density at radius 1 is 1.47 bits per heavy atom. The molecule has 0 saturated heterocycles. The number of hydrogen-bond donors (Lipinski definition) is 0. The second-order valence-corrected chi connectivity index (χ2v) is 3.40. The summed E-state index contributed by atoms with van der Waals surface area (Å²) < 4.78 is 5.11. The summed E-state index contributed by atoms with van der Waals surface area (Å²) in [4.78, 5) is 22.1. The number of nitro benzene ring substituents is 1. The molecule has 7 heteroatoms. The summed E-state index contributed by atoms with van der Waals surface area (Å²) in [6.07, 6.45) is 0. The SMILES string of the molecule is CCOc1c(C(=O)C(C#N)C#N)cccc1[N+](=O)[O-]. The van der Waals surface area contributed by atoms with Crippen molar-refractivity contribution < 1.29 is 14.5 Å². The smallest absolute Gasteiger partial charge is 0.311 e. The van der Waals surface area contributed by atoms with Crippen molar-refractivity contribution in [3.05, 3.63) is 33.9 Å². The Balaban J connectivity index is 3.40. The number of para-hydroxylation sites is 1. The number of nitro groups is 1. The number of carbonyl (C=O) groups is 1. The standard InChI is InChI=1S/C12H9N3O4/c1-2-19-12-9(11(16)8(6-13)7-14)4-3-5-10(12)15(17)18/h3-5,8H,2H2,1H3. The average molecular weight is 259 g/mol. The minimum Gasteiger partial charge on any atom is -0.487 e. The van der Waals surface area contributed by atoms with Gasteiger partial charge in [-0.05, 0) is 13.0 Å². The predicted molar refractivity (Wildman–Crippen MR) is 63.3 cm³/mol. The largest absolute Gasteiger partial charge is 0.487 e. The van der Waals surface area contributed by atoms with Crippen LogP contribution in [0.1, 0.15) is 17.3 Å². The van der Waals surface area contributed by atoms with E-state index < -0.39 is 16.6 Å². The molecule has 0 N–H and O–H groups in total. The third-order valence-corrected chi connectivity index (χ3v) is 2.27. The molecule has 0 spiro atoms. The molecule has 0 fully saturated rings. The van der Waals surface area contributed by atoms with Gasteiger partial charge in [-0.25, -0.2) is 0 Å². The Morgan fingerprint density at radius 2 is 2.11 bits per heavy atom. The third kappa shape index (κ3) is 2.85. The Kier molecular flexibility index (Phi) is 4.56. The predicted octanol–water partition coefficient (Wildman–Crippen LogP) is 1.84. The van der Waals surface area contributed by atoms with Crippen molar-refractivity contribution in [3.8, 4) is 17.9 Å². The molecule has 0 heterocycles. The lowest BCUT2D eigenvalue weighted by atomic mass is 9.99. The van der Waals surface area contributed by atoms with Gasteiger partial charge < -0.3 is 4.74 Å². The molecule has 1 aromatic carbocycles. The number of rotatable bonds is 5. The molecule has 0 aromatic heterocycles. The zero-order valence-corrected chi connectivity index (χ0v) is 9.99. The summed E-state index contributed by atoms with van der Waals surface area (Å²) in [6.45, 7) is 1.73. The van der Waals surface area contributed by atoms with Gasteiger partial charge in [-0.2, -0.15) is 10.5 Å². The highest BCUT2D eigenvalue weighted by Crippen LogP contribution is 2.32. The summed E-state index contributed by atoms with van der Waals surface area (Å²) >= 11 is 0. The van der Waals surface area contributed by atoms with Crippen LogP contribution in [0.4, 0.5) is 5.69 Å². The van der Waals surface area contributed by atoms with Crippen molar-refractivity contribution in [2.45, 2.75) is 6.92 Å². The fraction of sp³-hybridized carbons (Fsp3) is 0.250. The lowest BCUT2D eigenvalue weighted by Gasteiger charge is -2.09. The van der Waals surface area contributed by atoms with Crippen molar-refractivity contribution in [1.29, 1.82) is 10.5 Å². The van der Waals surface area contributed by atoms with E-state index in [1.54, 1.807) is 6.92 Å². The molecule has 1 rings (SSSR count). The molecule has 1 aromatic rings. The number of carbonyl (C=O) groups excluding carboxylic acids is 1. The van der Waals surface area contributed by atoms with Crippen molar-refractivity contribution in [2.75, 3.05) is 6.61 Å². The molecule has 0 bridgehead atoms. The van der Waals surface area contributed by atoms with E-state index >= 15 is 0 Å². The zero-order valence-electron chi connectivity index (χ0n) is 9.99. The van der Waals surface area contributed by atoms with Crippen LogP contribution in [0.5, 0.6) is 5.75 Å². The van der Waals surface area contributed by atoms with E-state index in [1.807, 2.05) is 0 Å². The second kappa shape index (κ2) is 6.12. The van der Waals surface area contributed by atoms with E-state index in [0.717, 1.165) is 0 Å². The Hall–Kier alpha value is -2.93. The maximum absolute atomic E-state index is 11.9. The Morgan fingerprint density at radius 3 is 2.58 bits per heavy atom. The van der Waals surface area contributed by atoms with E-state index in [4.69, 9.17) is 15.3 Å². The average Bonchev–Trinajstić information content (AvgIpc) is 2.40. The molecule has 7 nitrogen and oxygen atoms in total. The van der Waals surface area contributed by atoms with E-state index in [2.05, 4.69) is 0 Å². The van der Waals surface area contributed by atoms with Gasteiger partial charge in [-0.15, -0.1) is 0 Å². The van der Waals surface area contributed by atoms with Crippen LogP contribution < -0.4 is 4.74 Å². The molecule has 0 aliphatic carbocycles. The molecule has 0 unspecified atom stereocenters. The highest BCUT2D eigenvalue weighted by atomic mass is 16.6. The number of benzene rings is 1. The van der Waals surface area contributed by atoms with E-state index in [0.29, 0.717) is 0 Å². The number of nitrogens with zero attached hydrogens (tertiary/aromatic N) is 3. The molecular weight excluding hydrogens is 250 g/mol. The van der Waals surface area contributed by atoms with Crippen molar-refractivity contribution in [1.82, 2.24) is 0 Å². The number of hydrogen-bond acceptors (Lipinski definition) is 6. The van der Waals surface area contributed by atoms with Crippen LogP contribution in [-0.2, 0) is 0 Å². The van der Waals surface area contributed by atoms with Crippen LogP contribution in [0, 0.1) is 38.7 Å². The number of Topliss-reactive ketones (excluding diaryl/α,β-unsaturated/α-hetero) is 1. The van der Waals surface area contributed by atoms with Gasteiger partial charge in [-0.1, -0.05) is 6.07 Å². The normalized spacial score (nSPS) is 9.47. The van der Waals surface area contributed by atoms with Crippen molar-refractivity contribution in [2.24, 2.45) is 5.92 Å². The molecule has 0 atom stereocenters. The van der Waals surface area contributed by atoms with Crippen molar-refractivity contribution >= 4 is 11.5 Å². The van der Waals surface area contributed by atoms with Gasteiger partial charge in [0.2, 0.25) is 5.75 Å². The molecule has 19 heavy (non-hydrogen) atoms. The topological polar surface area (TPSA) is 117 Å². The van der Waals surface area contributed by atoms with Crippen LogP contribution >= 0.6 is 0 Å². The maximum Gasteiger partial charge on any atom is 0.311 e. The summed E-state index contributed by atoms with van der Waals surface area (Å²) in [5.74, 6) is -2.53. The maximum atomic E-state index is 11.9. The highest BCUT2D eigenvalue weighted by molar-refractivity contribution is 6.04. The number of nitriles is 2. The third-order valence-electron chi connectivity index (χ3n) is 2.27. The lowest BCUT2D eigenvalue weighted by molar-refractivity contribution is -0.385. The minimum absolute atomic E-state index is 0.120. The van der Waals surface area contributed by atoms with Crippen molar-refractivity contribution in [3.63, 3.8) is 0 Å². The summed E-state index contributed by atoms with van der Waals surface area (Å²) in [5.41, 5.74) is -0.508. The van der Waals surface area contributed by atoms with Gasteiger partial charge in [-0.3, -0.25) is 14.9 Å². The van der Waals surface area contributed by atoms with Crippen LogP contribution in [0.15, 0.2) is 18.2 Å². The number of ketones is 1. The summed E-state index contributed by atoms with van der Waals surface area (Å²) in [6, 6.07) is 6.85. The molecule has 0 amide bonds. The van der Waals surface area contributed by atoms with Crippen LogP contribution in [0.25, 0.3) is 0 Å². The zero-order chi connectivity index (χ0) is 14.4. The molecule has 0 saturated carbocycles. The van der Waals surface area contributed by atoms with Crippen LogP contribution in [0.3, 0.4) is 0 Å². The summed E-state index contributed by atoms with van der Waals surface area (Å²) in [5, 5.41) is 28.2. The number of ether oxygens (including phenoxy) is 1. The Labute approximate surface area is 108 Å². The first-order valence-corrected chi connectivity index (χ1v) is 5.30. The van der Waals surface area contributed by atoms with Gasteiger partial charge in [0, 0.05) is 6.07 Å². The molecular formula is C12H9N3O4. The van der Waals surface area contributed by atoms with Gasteiger partial charge >= 0.3 is 5.69 Å². The molecule has 0 aliphatic heterocycles. The lowest BCUT2D eigenvalue weighted by Crippen LogP contribution is -2.13. The highest BCUT2D eigenvalue weighted by Gasteiger charge is 2.27. The van der Waals surface area contributed by atoms with E-state index in [9.17, 15) is 14.9 Å². The fourth-order valence-corrected chi connectivity index (χ4v) is 1.46. The van der Waals surface area contributed by atoms with Crippen LogP contribution in [-0.4, -0.2) is 17.3 Å². The minimum atomic E-state index is -1.51. The molecule has 0 radical (unpaired) electrons. The summed E-state index contributed by atoms with van der Waals surface area (Å²) in [7, 11) is 0. The Bertz CT molecular complexity index is 584.